The Balaban J connectivity index is 1.23. The molecule has 0 atom stereocenters. The van der Waals surface area contributed by atoms with E-state index in [0.717, 1.165) is 36.7 Å². The van der Waals surface area contributed by atoms with Crippen LogP contribution in [0.1, 0.15) is 47.1 Å². The van der Waals surface area contributed by atoms with Gasteiger partial charge in [-0.05, 0) is 43.5 Å². The van der Waals surface area contributed by atoms with E-state index in [0.29, 0.717) is 28.8 Å². The minimum absolute atomic E-state index is 0.248. The largest absolute Gasteiger partial charge is 0.310 e. The van der Waals surface area contributed by atoms with E-state index in [2.05, 4.69) is 35.0 Å². The van der Waals surface area contributed by atoms with Gasteiger partial charge in [0.1, 0.15) is 29.5 Å². The van der Waals surface area contributed by atoms with Gasteiger partial charge in [-0.25, -0.2) is 15.0 Å². The predicted molar refractivity (Wildman–Crippen MR) is 113 cm³/mol. The summed E-state index contributed by atoms with van der Waals surface area (Å²) in [5.74, 6) is 3.17. The Morgan fingerprint density at radius 2 is 2.06 bits per heavy atom. The number of imidazole rings is 1. The third-order valence-electron chi connectivity index (χ3n) is 5.70. The minimum Gasteiger partial charge on any atom is -0.310 e. The van der Waals surface area contributed by atoms with E-state index in [-0.39, 0.29) is 5.91 Å². The standard InChI is InChI=1S/C22H20N8O/c31-22(15-8-9-23-20(11-15)29-12-17(24-13-29)14-6-7-14)26-18-4-1-3-16(25-18)21-28-27-19-5-2-10-30(19)21/h1,3-4,8-9,11-14H,2,5-7,10H2,(H,25,26,31). The molecule has 0 saturated heterocycles. The zero-order valence-electron chi connectivity index (χ0n) is 16.8. The van der Waals surface area contributed by atoms with Crippen molar-refractivity contribution in [2.75, 3.05) is 5.32 Å². The summed E-state index contributed by atoms with van der Waals surface area (Å²) in [6, 6.07) is 8.95. The molecule has 1 aliphatic carbocycles. The number of fused-ring (bicyclic) bond motifs is 1. The van der Waals surface area contributed by atoms with Crippen molar-refractivity contribution >= 4 is 11.7 Å². The number of nitrogens with zero attached hydrogens (tertiary/aromatic N) is 7. The molecule has 154 valence electrons. The Morgan fingerprint density at radius 1 is 1.13 bits per heavy atom. The van der Waals surface area contributed by atoms with Gasteiger partial charge in [-0.2, -0.15) is 0 Å². The topological polar surface area (TPSA) is 103 Å². The summed E-state index contributed by atoms with van der Waals surface area (Å²) in [4.78, 5) is 26.3. The molecule has 1 amide bonds. The highest BCUT2D eigenvalue weighted by molar-refractivity contribution is 6.04. The van der Waals surface area contributed by atoms with Crippen molar-refractivity contribution in [2.45, 2.75) is 38.1 Å². The normalized spacial score (nSPS) is 15.1. The SMILES string of the molecule is O=C(Nc1cccc(-c2nnc3n2CCC3)n1)c1ccnc(-n2cnc(C3CC3)c2)c1. The number of carbonyl (C=O) groups excluding carboxylic acids is 1. The van der Waals surface area contributed by atoms with Crippen molar-refractivity contribution in [3.63, 3.8) is 0 Å². The van der Waals surface area contributed by atoms with Gasteiger partial charge in [0.05, 0.1) is 5.69 Å². The molecule has 1 saturated carbocycles. The van der Waals surface area contributed by atoms with Crippen LogP contribution >= 0.6 is 0 Å². The minimum atomic E-state index is -0.248. The first-order valence-electron chi connectivity index (χ1n) is 10.5. The lowest BCUT2D eigenvalue weighted by atomic mass is 10.2. The number of aryl methyl sites for hydroxylation is 1. The van der Waals surface area contributed by atoms with Crippen molar-refractivity contribution < 1.29 is 4.79 Å². The predicted octanol–water partition coefficient (Wildman–Crippen LogP) is 3.00. The van der Waals surface area contributed by atoms with Crippen LogP contribution < -0.4 is 5.32 Å². The molecular weight excluding hydrogens is 392 g/mol. The molecule has 1 N–H and O–H groups in total. The maximum Gasteiger partial charge on any atom is 0.257 e. The smallest absolute Gasteiger partial charge is 0.257 e. The summed E-state index contributed by atoms with van der Waals surface area (Å²) in [5.41, 5.74) is 2.28. The number of hydrogen-bond donors (Lipinski definition) is 1. The van der Waals surface area contributed by atoms with Crippen LogP contribution in [0.25, 0.3) is 17.3 Å². The second-order valence-electron chi connectivity index (χ2n) is 7.94. The molecule has 1 fully saturated rings. The second-order valence-corrected chi connectivity index (χ2v) is 7.94. The van der Waals surface area contributed by atoms with Crippen LogP contribution in [0.5, 0.6) is 0 Å². The van der Waals surface area contributed by atoms with Crippen molar-refractivity contribution in [3.05, 3.63) is 66.1 Å². The molecule has 0 radical (unpaired) electrons. The molecule has 6 rings (SSSR count). The fourth-order valence-corrected chi connectivity index (χ4v) is 3.91. The van der Waals surface area contributed by atoms with Gasteiger partial charge in [-0.1, -0.05) is 6.07 Å². The molecule has 9 nitrogen and oxygen atoms in total. The number of amides is 1. The molecule has 31 heavy (non-hydrogen) atoms. The Kier molecular flexibility index (Phi) is 4.12. The van der Waals surface area contributed by atoms with E-state index in [9.17, 15) is 4.79 Å². The Bertz CT molecular complexity index is 1290. The van der Waals surface area contributed by atoms with Gasteiger partial charge in [0.15, 0.2) is 5.82 Å². The van der Waals surface area contributed by atoms with E-state index in [4.69, 9.17) is 0 Å². The van der Waals surface area contributed by atoms with Crippen LogP contribution in [0, 0.1) is 0 Å². The number of nitrogens with one attached hydrogen (secondary N) is 1. The molecule has 2 aliphatic rings. The molecule has 9 heteroatoms. The number of anilines is 1. The van der Waals surface area contributed by atoms with Gasteiger partial charge in [0.25, 0.3) is 5.91 Å². The van der Waals surface area contributed by atoms with E-state index in [1.54, 1.807) is 30.7 Å². The number of hydrogen-bond acceptors (Lipinski definition) is 6. The zero-order chi connectivity index (χ0) is 20.8. The third kappa shape index (κ3) is 3.37. The lowest BCUT2D eigenvalue weighted by molar-refractivity contribution is 0.102. The molecule has 0 spiro atoms. The van der Waals surface area contributed by atoms with Crippen LogP contribution in [0.2, 0.25) is 0 Å². The van der Waals surface area contributed by atoms with Gasteiger partial charge in [-0.3, -0.25) is 9.36 Å². The number of pyridine rings is 2. The van der Waals surface area contributed by atoms with E-state index in [1.807, 2.05) is 22.9 Å². The van der Waals surface area contributed by atoms with Crippen LogP contribution in [-0.2, 0) is 13.0 Å². The van der Waals surface area contributed by atoms with E-state index >= 15 is 0 Å². The first-order valence-corrected chi connectivity index (χ1v) is 10.5. The molecular formula is C22H20N8O. The summed E-state index contributed by atoms with van der Waals surface area (Å²) in [5, 5.41) is 11.4. The van der Waals surface area contributed by atoms with Gasteiger partial charge in [0.2, 0.25) is 0 Å². The highest BCUT2D eigenvalue weighted by atomic mass is 16.1. The summed E-state index contributed by atoms with van der Waals surface area (Å²) in [7, 11) is 0. The van der Waals surface area contributed by atoms with Crippen LogP contribution in [-0.4, -0.2) is 40.2 Å². The Morgan fingerprint density at radius 3 is 2.97 bits per heavy atom. The number of carbonyl (C=O) groups is 1. The second kappa shape index (κ2) is 7.12. The molecule has 0 unspecified atom stereocenters. The summed E-state index contributed by atoms with van der Waals surface area (Å²) in [6.45, 7) is 0.895. The van der Waals surface area contributed by atoms with E-state index in [1.165, 1.54) is 12.8 Å². The Hall–Kier alpha value is -3.88. The highest BCUT2D eigenvalue weighted by Gasteiger charge is 2.26. The molecule has 4 aromatic rings. The summed E-state index contributed by atoms with van der Waals surface area (Å²) >= 11 is 0. The molecule has 4 aromatic heterocycles. The maximum atomic E-state index is 12.9. The zero-order valence-corrected chi connectivity index (χ0v) is 16.8. The van der Waals surface area contributed by atoms with Crippen molar-refractivity contribution in [3.8, 4) is 17.3 Å². The first kappa shape index (κ1) is 17.9. The number of aromatic nitrogens is 7. The van der Waals surface area contributed by atoms with Crippen molar-refractivity contribution in [1.82, 2.24) is 34.3 Å². The highest BCUT2D eigenvalue weighted by Crippen LogP contribution is 2.39. The van der Waals surface area contributed by atoms with Crippen molar-refractivity contribution in [1.29, 1.82) is 0 Å². The summed E-state index contributed by atoms with van der Waals surface area (Å²) in [6.07, 6.45) is 9.76. The van der Waals surface area contributed by atoms with Gasteiger partial charge in [-0.15, -0.1) is 10.2 Å². The maximum absolute atomic E-state index is 12.9. The lowest BCUT2D eigenvalue weighted by Crippen LogP contribution is -2.14. The van der Waals surface area contributed by atoms with Crippen LogP contribution in [0.3, 0.4) is 0 Å². The van der Waals surface area contributed by atoms with Crippen LogP contribution in [0.4, 0.5) is 5.82 Å². The molecule has 1 aliphatic heterocycles. The molecule has 5 heterocycles. The first-order chi connectivity index (χ1) is 15.2. The van der Waals surface area contributed by atoms with Gasteiger partial charge < -0.3 is 9.88 Å². The fourth-order valence-electron chi connectivity index (χ4n) is 3.91. The third-order valence-corrected chi connectivity index (χ3v) is 5.70. The van der Waals surface area contributed by atoms with Crippen LogP contribution in [0.15, 0.2) is 49.1 Å². The fraction of sp³-hybridized carbons (Fsp3) is 0.273. The number of rotatable bonds is 5. The molecule has 0 aromatic carbocycles. The lowest BCUT2D eigenvalue weighted by Gasteiger charge is -2.08. The van der Waals surface area contributed by atoms with E-state index < -0.39 is 0 Å². The monoisotopic (exact) mass is 412 g/mol. The molecule has 0 bridgehead atoms. The van der Waals surface area contributed by atoms with Gasteiger partial charge >= 0.3 is 0 Å². The van der Waals surface area contributed by atoms with Crippen molar-refractivity contribution in [2.24, 2.45) is 0 Å². The van der Waals surface area contributed by atoms with Gasteiger partial charge in [0, 0.05) is 36.8 Å². The average molecular weight is 412 g/mol. The summed E-state index contributed by atoms with van der Waals surface area (Å²) < 4.78 is 3.94. The Labute approximate surface area is 178 Å². The average Bonchev–Trinajstić information content (AvgIpc) is 3.18. The quantitative estimate of drug-likeness (QED) is 0.540.